The Morgan fingerprint density at radius 3 is 2.47 bits per heavy atom. The molecule has 184 valence electrons. The first kappa shape index (κ1) is 23.0. The standard InChI is InChI=1S/C29H31N5OS/c1-20-25-19-33(29(35)30-22-9-6-7-10-22)27(21-14-16-24(36-2)17-15-21)26-13-8-18-32(26)28(25)34(31-20)23-11-4-3-5-12-23/h3-5,8,11-18,22,27H,6-7,9-10,19H2,1-2H3,(H,30,35)/t27-/m1/s1. The van der Waals surface area contributed by atoms with E-state index in [1.807, 2.05) is 34.7 Å². The van der Waals surface area contributed by atoms with E-state index in [0.717, 1.165) is 46.9 Å². The Hall–Kier alpha value is -3.45. The van der Waals surface area contributed by atoms with E-state index in [0.29, 0.717) is 6.54 Å². The second kappa shape index (κ2) is 9.54. The molecule has 2 aromatic heterocycles. The lowest BCUT2D eigenvalue weighted by molar-refractivity contribution is 0.176. The number of amides is 2. The van der Waals surface area contributed by atoms with Crippen LogP contribution in [0, 0.1) is 6.92 Å². The van der Waals surface area contributed by atoms with Crippen molar-refractivity contribution in [2.45, 2.75) is 56.1 Å². The van der Waals surface area contributed by atoms with Crippen LogP contribution < -0.4 is 5.32 Å². The van der Waals surface area contributed by atoms with Gasteiger partial charge >= 0.3 is 6.03 Å². The van der Waals surface area contributed by atoms with E-state index < -0.39 is 0 Å². The van der Waals surface area contributed by atoms with Gasteiger partial charge in [0.1, 0.15) is 5.82 Å². The second-order valence-electron chi connectivity index (χ2n) is 9.67. The average molecular weight is 498 g/mol. The number of benzene rings is 2. The van der Waals surface area contributed by atoms with Crippen molar-refractivity contribution in [2.24, 2.45) is 0 Å². The molecule has 1 N–H and O–H groups in total. The molecule has 36 heavy (non-hydrogen) atoms. The molecule has 1 atom stereocenters. The van der Waals surface area contributed by atoms with E-state index in [2.05, 4.69) is 70.9 Å². The number of urea groups is 1. The molecule has 1 aliphatic carbocycles. The molecule has 4 aromatic rings. The summed E-state index contributed by atoms with van der Waals surface area (Å²) in [5.74, 6) is 1.00. The Morgan fingerprint density at radius 2 is 1.75 bits per heavy atom. The highest BCUT2D eigenvalue weighted by molar-refractivity contribution is 7.98. The molecule has 1 saturated carbocycles. The summed E-state index contributed by atoms with van der Waals surface area (Å²) in [5, 5.41) is 8.29. The molecule has 0 bridgehead atoms. The van der Waals surface area contributed by atoms with Gasteiger partial charge in [0, 0.05) is 22.7 Å². The van der Waals surface area contributed by atoms with Crippen LogP contribution in [-0.2, 0) is 6.54 Å². The highest BCUT2D eigenvalue weighted by Crippen LogP contribution is 2.39. The number of aromatic nitrogens is 3. The quantitative estimate of drug-likeness (QED) is 0.339. The molecule has 2 aliphatic rings. The molecule has 6 rings (SSSR count). The Kier molecular flexibility index (Phi) is 6.09. The van der Waals surface area contributed by atoms with Crippen molar-refractivity contribution < 1.29 is 4.79 Å². The summed E-state index contributed by atoms with van der Waals surface area (Å²) < 4.78 is 4.23. The van der Waals surface area contributed by atoms with Crippen molar-refractivity contribution >= 4 is 17.8 Å². The van der Waals surface area contributed by atoms with Crippen LogP contribution in [0.4, 0.5) is 4.79 Å². The van der Waals surface area contributed by atoms with Crippen LogP contribution in [0.5, 0.6) is 0 Å². The van der Waals surface area contributed by atoms with E-state index in [4.69, 9.17) is 5.10 Å². The summed E-state index contributed by atoms with van der Waals surface area (Å²) in [6.45, 7) is 2.53. The number of hydrogen-bond acceptors (Lipinski definition) is 3. The Balaban J connectivity index is 1.52. The van der Waals surface area contributed by atoms with Crippen LogP contribution in [0.25, 0.3) is 11.5 Å². The van der Waals surface area contributed by atoms with Crippen molar-refractivity contribution in [3.63, 3.8) is 0 Å². The number of nitrogens with one attached hydrogen (secondary N) is 1. The van der Waals surface area contributed by atoms with Crippen molar-refractivity contribution in [1.29, 1.82) is 0 Å². The molecule has 3 heterocycles. The average Bonchev–Trinajstić information content (AvgIpc) is 3.64. The Bertz CT molecular complexity index is 1370. The number of fused-ring (bicyclic) bond motifs is 3. The van der Waals surface area contributed by atoms with E-state index in [9.17, 15) is 4.79 Å². The number of aryl methyl sites for hydroxylation is 1. The van der Waals surface area contributed by atoms with E-state index in [1.54, 1.807) is 11.8 Å². The highest BCUT2D eigenvalue weighted by atomic mass is 32.2. The van der Waals surface area contributed by atoms with E-state index in [-0.39, 0.29) is 18.1 Å². The van der Waals surface area contributed by atoms with Crippen molar-refractivity contribution in [3.8, 4) is 11.5 Å². The molecule has 0 radical (unpaired) electrons. The SMILES string of the molecule is CSc1ccc([C@@H]2c3cccn3-c3c(c(C)nn3-c3ccccc3)CN2C(=O)NC2CCCC2)cc1. The zero-order valence-corrected chi connectivity index (χ0v) is 21.5. The third-order valence-electron chi connectivity index (χ3n) is 7.46. The van der Waals surface area contributed by atoms with Crippen LogP contribution in [0.1, 0.15) is 54.2 Å². The molecule has 1 fully saturated rings. The Morgan fingerprint density at radius 1 is 1.00 bits per heavy atom. The predicted molar refractivity (Wildman–Crippen MR) is 144 cm³/mol. The van der Waals surface area contributed by atoms with Gasteiger partial charge in [-0.3, -0.25) is 0 Å². The monoisotopic (exact) mass is 497 g/mol. The smallest absolute Gasteiger partial charge is 0.318 e. The van der Waals surface area contributed by atoms with Gasteiger partial charge in [-0.15, -0.1) is 11.8 Å². The fourth-order valence-corrected chi connectivity index (χ4v) is 6.02. The minimum absolute atomic E-state index is 0.00620. The molecule has 1 aliphatic heterocycles. The zero-order chi connectivity index (χ0) is 24.6. The van der Waals surface area contributed by atoms with Gasteiger partial charge in [0.2, 0.25) is 0 Å². The van der Waals surface area contributed by atoms with Crippen molar-refractivity contribution in [3.05, 3.63) is 95.4 Å². The zero-order valence-electron chi connectivity index (χ0n) is 20.7. The van der Waals surface area contributed by atoms with Crippen molar-refractivity contribution in [2.75, 3.05) is 6.26 Å². The van der Waals surface area contributed by atoms with Gasteiger partial charge in [-0.1, -0.05) is 43.2 Å². The van der Waals surface area contributed by atoms with Gasteiger partial charge in [-0.05, 0) is 68.0 Å². The van der Waals surface area contributed by atoms with E-state index >= 15 is 0 Å². The van der Waals surface area contributed by atoms with E-state index in [1.165, 1.54) is 17.7 Å². The number of carbonyl (C=O) groups excluding carboxylic acids is 1. The van der Waals surface area contributed by atoms with Gasteiger partial charge in [-0.25, -0.2) is 9.48 Å². The molecule has 0 unspecified atom stereocenters. The van der Waals surface area contributed by atoms with Crippen LogP contribution in [0.2, 0.25) is 0 Å². The summed E-state index contributed by atoms with van der Waals surface area (Å²) >= 11 is 1.73. The number of rotatable bonds is 4. The summed E-state index contributed by atoms with van der Waals surface area (Å²) in [5.41, 5.74) is 5.18. The molecule has 2 aromatic carbocycles. The maximum atomic E-state index is 13.9. The van der Waals surface area contributed by atoms with Crippen LogP contribution in [0.15, 0.2) is 77.8 Å². The number of hydrogen-bond donors (Lipinski definition) is 1. The van der Waals surface area contributed by atoms with Crippen LogP contribution >= 0.6 is 11.8 Å². The van der Waals surface area contributed by atoms with Gasteiger partial charge < -0.3 is 14.8 Å². The lowest BCUT2D eigenvalue weighted by Crippen LogP contribution is -2.45. The third kappa shape index (κ3) is 4.01. The largest absolute Gasteiger partial charge is 0.335 e. The fourth-order valence-electron chi connectivity index (χ4n) is 5.61. The summed E-state index contributed by atoms with van der Waals surface area (Å²) in [4.78, 5) is 17.1. The molecular formula is C29H31N5OS. The van der Waals surface area contributed by atoms with Crippen LogP contribution in [-0.4, -0.2) is 37.6 Å². The number of thioether (sulfide) groups is 1. The van der Waals surface area contributed by atoms with Gasteiger partial charge in [0.15, 0.2) is 0 Å². The minimum atomic E-state index is -0.215. The second-order valence-corrected chi connectivity index (χ2v) is 10.6. The lowest BCUT2D eigenvalue weighted by atomic mass is 10.0. The molecule has 2 amide bonds. The van der Waals surface area contributed by atoms with Gasteiger partial charge in [0.05, 0.1) is 29.7 Å². The predicted octanol–water partition coefficient (Wildman–Crippen LogP) is 6.25. The first-order valence-electron chi connectivity index (χ1n) is 12.7. The highest BCUT2D eigenvalue weighted by Gasteiger charge is 2.36. The van der Waals surface area contributed by atoms with Gasteiger partial charge in [0.25, 0.3) is 0 Å². The number of para-hydroxylation sites is 1. The first-order valence-corrected chi connectivity index (χ1v) is 13.9. The molecule has 6 nitrogen and oxygen atoms in total. The molecule has 7 heteroatoms. The lowest BCUT2D eigenvalue weighted by Gasteiger charge is -2.32. The maximum Gasteiger partial charge on any atom is 0.318 e. The van der Waals surface area contributed by atoms with Crippen LogP contribution in [0.3, 0.4) is 0 Å². The maximum absolute atomic E-state index is 13.9. The molecule has 0 spiro atoms. The summed E-state index contributed by atoms with van der Waals surface area (Å²) in [6, 6.07) is 23.1. The number of carbonyl (C=O) groups is 1. The Labute approximate surface area is 216 Å². The summed E-state index contributed by atoms with van der Waals surface area (Å²) in [6.07, 6.45) is 8.65. The fraction of sp³-hybridized carbons (Fsp3) is 0.310. The van der Waals surface area contributed by atoms with Crippen molar-refractivity contribution in [1.82, 2.24) is 24.6 Å². The molecular weight excluding hydrogens is 466 g/mol. The topological polar surface area (TPSA) is 55.1 Å². The number of nitrogens with zero attached hydrogens (tertiary/aromatic N) is 4. The minimum Gasteiger partial charge on any atom is -0.335 e. The first-order chi connectivity index (χ1) is 17.6. The summed E-state index contributed by atoms with van der Waals surface area (Å²) in [7, 11) is 0. The third-order valence-corrected chi connectivity index (χ3v) is 8.21. The molecule has 0 saturated heterocycles. The normalized spacial score (nSPS) is 17.5. The van der Waals surface area contributed by atoms with Gasteiger partial charge in [-0.2, -0.15) is 5.10 Å².